The predicted octanol–water partition coefficient (Wildman–Crippen LogP) is 1.55. The molecule has 20 heavy (non-hydrogen) atoms. The highest BCUT2D eigenvalue weighted by Crippen LogP contribution is 2.15. The van der Waals surface area contributed by atoms with E-state index in [-0.39, 0.29) is 12.0 Å². The smallest absolute Gasteiger partial charge is 0.274 e. The SMILES string of the molecule is CCCOC1CCCN(C(=O)c2cnc(NC)cn2)C1. The van der Waals surface area contributed by atoms with Gasteiger partial charge in [0.05, 0.1) is 18.5 Å². The number of amides is 1. The Balaban J connectivity index is 1.96. The normalized spacial score (nSPS) is 18.9. The van der Waals surface area contributed by atoms with Crippen LogP contribution in [-0.2, 0) is 4.74 Å². The average Bonchev–Trinajstić information content (AvgIpc) is 2.52. The van der Waals surface area contributed by atoms with Gasteiger partial charge in [0, 0.05) is 26.7 Å². The summed E-state index contributed by atoms with van der Waals surface area (Å²) in [7, 11) is 1.77. The lowest BCUT2D eigenvalue weighted by molar-refractivity contribution is 0.00191. The minimum absolute atomic E-state index is 0.0649. The van der Waals surface area contributed by atoms with Crippen LogP contribution in [-0.4, -0.2) is 53.6 Å². The van der Waals surface area contributed by atoms with Crippen LogP contribution in [0.4, 0.5) is 5.82 Å². The van der Waals surface area contributed by atoms with Gasteiger partial charge in [-0.1, -0.05) is 6.92 Å². The third kappa shape index (κ3) is 3.66. The van der Waals surface area contributed by atoms with Crippen LogP contribution in [0.5, 0.6) is 0 Å². The Hall–Kier alpha value is -1.69. The van der Waals surface area contributed by atoms with Crippen LogP contribution >= 0.6 is 0 Å². The number of nitrogens with one attached hydrogen (secondary N) is 1. The van der Waals surface area contributed by atoms with Gasteiger partial charge in [0.1, 0.15) is 11.5 Å². The first-order valence-electron chi connectivity index (χ1n) is 7.15. The van der Waals surface area contributed by atoms with Gasteiger partial charge in [0.25, 0.3) is 5.91 Å². The fourth-order valence-corrected chi connectivity index (χ4v) is 2.27. The zero-order chi connectivity index (χ0) is 14.4. The van der Waals surface area contributed by atoms with Crippen LogP contribution in [0.3, 0.4) is 0 Å². The lowest BCUT2D eigenvalue weighted by atomic mass is 10.1. The molecule has 1 N–H and O–H groups in total. The first kappa shape index (κ1) is 14.7. The van der Waals surface area contributed by atoms with Crippen molar-refractivity contribution in [3.63, 3.8) is 0 Å². The maximum absolute atomic E-state index is 12.4. The molecule has 1 aliphatic rings. The van der Waals surface area contributed by atoms with Gasteiger partial charge >= 0.3 is 0 Å². The number of nitrogens with zero attached hydrogens (tertiary/aromatic N) is 3. The van der Waals surface area contributed by atoms with Crippen molar-refractivity contribution in [2.45, 2.75) is 32.3 Å². The maximum Gasteiger partial charge on any atom is 0.274 e. The van der Waals surface area contributed by atoms with Crippen LogP contribution < -0.4 is 5.32 Å². The largest absolute Gasteiger partial charge is 0.376 e. The molecule has 1 aliphatic heterocycles. The van der Waals surface area contributed by atoms with Crippen molar-refractivity contribution in [1.82, 2.24) is 14.9 Å². The van der Waals surface area contributed by atoms with E-state index >= 15 is 0 Å². The van der Waals surface area contributed by atoms with E-state index in [9.17, 15) is 4.79 Å². The Morgan fingerprint density at radius 3 is 3.00 bits per heavy atom. The molecule has 1 aromatic rings. The topological polar surface area (TPSA) is 67.3 Å². The van der Waals surface area contributed by atoms with Gasteiger partial charge in [-0.2, -0.15) is 0 Å². The second-order valence-electron chi connectivity index (χ2n) is 4.92. The number of piperidine rings is 1. The minimum Gasteiger partial charge on any atom is -0.376 e. The number of hydrogen-bond donors (Lipinski definition) is 1. The Bertz CT molecular complexity index is 435. The van der Waals surface area contributed by atoms with E-state index in [2.05, 4.69) is 22.2 Å². The van der Waals surface area contributed by atoms with Crippen molar-refractivity contribution in [1.29, 1.82) is 0 Å². The fourth-order valence-electron chi connectivity index (χ4n) is 2.27. The molecule has 1 saturated heterocycles. The van der Waals surface area contributed by atoms with Gasteiger partial charge in [0.15, 0.2) is 0 Å². The second-order valence-corrected chi connectivity index (χ2v) is 4.92. The second kappa shape index (κ2) is 7.19. The molecular weight excluding hydrogens is 256 g/mol. The molecule has 0 bridgehead atoms. The quantitative estimate of drug-likeness (QED) is 0.885. The summed E-state index contributed by atoms with van der Waals surface area (Å²) in [6.45, 7) is 4.25. The molecule has 1 unspecified atom stereocenters. The zero-order valence-corrected chi connectivity index (χ0v) is 12.1. The molecule has 0 saturated carbocycles. The maximum atomic E-state index is 12.4. The highest BCUT2D eigenvalue weighted by Gasteiger charge is 2.25. The standard InChI is InChI=1S/C14H22N4O2/c1-3-7-20-11-5-4-6-18(10-11)14(19)12-8-17-13(15-2)9-16-12/h8-9,11H,3-7,10H2,1-2H3,(H,15,17). The summed E-state index contributed by atoms with van der Waals surface area (Å²) in [6.07, 6.45) is 6.24. The lowest BCUT2D eigenvalue weighted by Gasteiger charge is -2.32. The Kier molecular flexibility index (Phi) is 5.29. The molecule has 0 aromatic carbocycles. The van der Waals surface area contributed by atoms with E-state index in [1.54, 1.807) is 13.2 Å². The molecule has 0 spiro atoms. The summed E-state index contributed by atoms with van der Waals surface area (Å²) in [5.41, 5.74) is 0.389. The number of ether oxygens (including phenoxy) is 1. The lowest BCUT2D eigenvalue weighted by Crippen LogP contribution is -2.43. The van der Waals surface area contributed by atoms with Gasteiger partial charge in [-0.3, -0.25) is 4.79 Å². The molecular formula is C14H22N4O2. The molecule has 1 fully saturated rings. The summed E-state index contributed by atoms with van der Waals surface area (Å²) in [4.78, 5) is 22.5. The summed E-state index contributed by atoms with van der Waals surface area (Å²) >= 11 is 0. The molecule has 110 valence electrons. The number of anilines is 1. The first-order chi connectivity index (χ1) is 9.74. The molecule has 2 heterocycles. The Morgan fingerprint density at radius 1 is 1.50 bits per heavy atom. The van der Waals surface area contributed by atoms with Crippen molar-refractivity contribution in [2.75, 3.05) is 32.1 Å². The van der Waals surface area contributed by atoms with Gasteiger partial charge < -0.3 is 15.0 Å². The van der Waals surface area contributed by atoms with E-state index in [0.29, 0.717) is 18.1 Å². The number of carbonyl (C=O) groups excluding carboxylic acids is 1. The van der Waals surface area contributed by atoms with E-state index in [1.807, 2.05) is 4.90 Å². The highest BCUT2D eigenvalue weighted by atomic mass is 16.5. The van der Waals surface area contributed by atoms with Crippen molar-refractivity contribution >= 4 is 11.7 Å². The van der Waals surface area contributed by atoms with Gasteiger partial charge in [-0.05, 0) is 19.3 Å². The molecule has 0 aliphatic carbocycles. The highest BCUT2D eigenvalue weighted by molar-refractivity contribution is 5.92. The average molecular weight is 278 g/mol. The van der Waals surface area contributed by atoms with E-state index in [4.69, 9.17) is 4.74 Å². The number of likely N-dealkylation sites (tertiary alicyclic amines) is 1. The van der Waals surface area contributed by atoms with Gasteiger partial charge in [0.2, 0.25) is 0 Å². The van der Waals surface area contributed by atoms with Crippen LogP contribution in [0, 0.1) is 0 Å². The number of aromatic nitrogens is 2. The van der Waals surface area contributed by atoms with Gasteiger partial charge in [-0.15, -0.1) is 0 Å². The van der Waals surface area contributed by atoms with Crippen LogP contribution in [0.15, 0.2) is 12.4 Å². The monoisotopic (exact) mass is 278 g/mol. The predicted molar refractivity (Wildman–Crippen MR) is 76.7 cm³/mol. The Labute approximate surface area is 119 Å². The van der Waals surface area contributed by atoms with E-state index in [0.717, 1.165) is 32.4 Å². The van der Waals surface area contributed by atoms with Crippen LogP contribution in [0.2, 0.25) is 0 Å². The van der Waals surface area contributed by atoms with Crippen molar-refractivity contribution < 1.29 is 9.53 Å². The van der Waals surface area contributed by atoms with E-state index in [1.165, 1.54) is 6.20 Å². The molecule has 1 atom stereocenters. The van der Waals surface area contributed by atoms with Crippen LogP contribution in [0.25, 0.3) is 0 Å². The van der Waals surface area contributed by atoms with Crippen molar-refractivity contribution in [3.8, 4) is 0 Å². The number of hydrogen-bond acceptors (Lipinski definition) is 5. The first-order valence-corrected chi connectivity index (χ1v) is 7.15. The molecule has 1 amide bonds. The Morgan fingerprint density at radius 2 is 2.35 bits per heavy atom. The summed E-state index contributed by atoms with van der Waals surface area (Å²) < 4.78 is 5.74. The van der Waals surface area contributed by atoms with E-state index < -0.39 is 0 Å². The summed E-state index contributed by atoms with van der Waals surface area (Å²) in [5.74, 6) is 0.592. The summed E-state index contributed by atoms with van der Waals surface area (Å²) in [6, 6.07) is 0. The summed E-state index contributed by atoms with van der Waals surface area (Å²) in [5, 5.41) is 2.88. The molecule has 6 heteroatoms. The van der Waals surface area contributed by atoms with Crippen molar-refractivity contribution in [2.24, 2.45) is 0 Å². The molecule has 0 radical (unpaired) electrons. The molecule has 2 rings (SSSR count). The zero-order valence-electron chi connectivity index (χ0n) is 12.1. The number of carbonyl (C=O) groups is 1. The third-order valence-corrected chi connectivity index (χ3v) is 3.35. The van der Waals surface area contributed by atoms with Gasteiger partial charge in [-0.25, -0.2) is 9.97 Å². The minimum atomic E-state index is -0.0649. The number of rotatable bonds is 5. The molecule has 6 nitrogen and oxygen atoms in total. The third-order valence-electron chi connectivity index (χ3n) is 3.35. The van der Waals surface area contributed by atoms with Crippen LogP contribution in [0.1, 0.15) is 36.7 Å². The van der Waals surface area contributed by atoms with Crippen molar-refractivity contribution in [3.05, 3.63) is 18.1 Å². The fraction of sp³-hybridized carbons (Fsp3) is 0.643. The molecule has 1 aromatic heterocycles.